The lowest BCUT2D eigenvalue weighted by Crippen LogP contribution is -2.22. The number of ketones is 1. The highest BCUT2D eigenvalue weighted by molar-refractivity contribution is 7.90. The Morgan fingerprint density at radius 2 is 1.78 bits per heavy atom. The summed E-state index contributed by atoms with van der Waals surface area (Å²) in [6.45, 7) is 3.09. The highest BCUT2D eigenvalue weighted by Crippen LogP contribution is 2.26. The largest absolute Gasteiger partial charge is 0.507 e. The number of amides is 1. The Labute approximate surface area is 209 Å². The van der Waals surface area contributed by atoms with Crippen molar-refractivity contribution in [1.82, 2.24) is 9.78 Å². The van der Waals surface area contributed by atoms with E-state index in [1.165, 1.54) is 37.0 Å². The number of aryl methyl sites for hydroxylation is 1. The van der Waals surface area contributed by atoms with Gasteiger partial charge in [-0.1, -0.05) is 31.2 Å². The molecular formula is C25H29N3O7S. The zero-order chi connectivity index (χ0) is 27.2. The average Bonchev–Trinajstić information content (AvgIpc) is 2.81. The predicted octanol–water partition coefficient (Wildman–Crippen LogP) is 2.12. The molecule has 1 aromatic heterocycles. The lowest BCUT2D eigenvalue weighted by Gasteiger charge is -2.10. The van der Waals surface area contributed by atoms with E-state index in [4.69, 9.17) is 10.5 Å². The fraction of sp³-hybridized carbons (Fsp3) is 0.280. The van der Waals surface area contributed by atoms with Crippen molar-refractivity contribution >= 4 is 21.5 Å². The second kappa shape index (κ2) is 11.6. The molecule has 0 radical (unpaired) electrons. The maximum Gasteiger partial charge on any atom is 0.278 e. The topological polar surface area (TPSA) is 159 Å². The van der Waals surface area contributed by atoms with E-state index >= 15 is 0 Å². The maximum atomic E-state index is 12.3. The molecule has 36 heavy (non-hydrogen) atoms. The molecule has 0 unspecified atom stereocenters. The second-order valence-corrected chi connectivity index (χ2v) is 10.2. The molecule has 0 saturated carbocycles. The van der Waals surface area contributed by atoms with Gasteiger partial charge in [-0.05, 0) is 42.7 Å². The fourth-order valence-electron chi connectivity index (χ4n) is 3.25. The van der Waals surface area contributed by atoms with Crippen LogP contribution >= 0.6 is 0 Å². The molecule has 1 amide bonds. The molecule has 2 aromatic carbocycles. The van der Waals surface area contributed by atoms with E-state index in [0.29, 0.717) is 17.7 Å². The van der Waals surface area contributed by atoms with Crippen molar-refractivity contribution < 1.29 is 27.9 Å². The zero-order valence-electron chi connectivity index (χ0n) is 20.7. The Balaban J connectivity index is 0.000000281. The summed E-state index contributed by atoms with van der Waals surface area (Å²) in [5.74, 6) is -0.729. The van der Waals surface area contributed by atoms with Gasteiger partial charge in [-0.25, -0.2) is 13.1 Å². The number of sulfone groups is 1. The Morgan fingerprint density at radius 1 is 1.17 bits per heavy atom. The number of ether oxygens (including phenoxy) is 1. The number of phenols is 1. The number of primary amides is 1. The van der Waals surface area contributed by atoms with E-state index in [0.717, 1.165) is 23.4 Å². The van der Waals surface area contributed by atoms with Crippen LogP contribution in [0, 0.1) is 5.92 Å². The highest BCUT2D eigenvalue weighted by Gasteiger charge is 2.15. The highest BCUT2D eigenvalue weighted by atomic mass is 32.2. The summed E-state index contributed by atoms with van der Waals surface area (Å²) in [6.07, 6.45) is 3.12. The first kappa shape index (κ1) is 28.2. The van der Waals surface area contributed by atoms with Gasteiger partial charge in [0.15, 0.2) is 21.4 Å². The van der Waals surface area contributed by atoms with Crippen molar-refractivity contribution in [1.29, 1.82) is 0 Å². The summed E-state index contributed by atoms with van der Waals surface area (Å²) in [7, 11) is -0.245. The quantitative estimate of drug-likeness (QED) is 0.453. The normalized spacial score (nSPS) is 11.7. The van der Waals surface area contributed by atoms with Gasteiger partial charge in [-0.3, -0.25) is 14.4 Å². The summed E-state index contributed by atoms with van der Waals surface area (Å²) < 4.78 is 28.6. The number of hydrogen-bond acceptors (Lipinski definition) is 8. The van der Waals surface area contributed by atoms with E-state index < -0.39 is 9.84 Å². The van der Waals surface area contributed by atoms with Gasteiger partial charge in [-0.15, -0.1) is 0 Å². The SMILES string of the molecule is CC(=O)c1ccc(S(C)(=O)=O)cc1O.COc1cnn(C)c(=O)c1-c1ccc(C[C@H](C)C(N)=O)cc1. The summed E-state index contributed by atoms with van der Waals surface area (Å²) in [6, 6.07) is 11.1. The smallest absolute Gasteiger partial charge is 0.278 e. The number of carbonyl (C=O) groups is 2. The van der Waals surface area contributed by atoms with Crippen LogP contribution < -0.4 is 16.0 Å². The van der Waals surface area contributed by atoms with Crippen molar-refractivity contribution in [3.05, 3.63) is 70.1 Å². The first-order chi connectivity index (χ1) is 16.8. The standard InChI is InChI=1S/C16H19N3O3.C9H10O4S/c1-10(15(17)20)8-11-4-6-12(7-5-11)14-13(22-3)9-18-19(2)16(14)21;1-6(10)8-4-3-7(5-9(8)11)14(2,12)13/h4-7,9-10H,8H2,1-3H3,(H2,17,20);3-5,11H,1-2H3/t10-;/m0./s1. The lowest BCUT2D eigenvalue weighted by molar-refractivity contribution is -0.121. The van der Waals surface area contributed by atoms with E-state index in [9.17, 15) is 27.9 Å². The first-order valence-corrected chi connectivity index (χ1v) is 12.7. The number of aromatic hydroxyl groups is 1. The van der Waals surface area contributed by atoms with Crippen LogP contribution in [-0.2, 0) is 28.1 Å². The lowest BCUT2D eigenvalue weighted by atomic mass is 9.98. The van der Waals surface area contributed by atoms with E-state index in [-0.39, 0.29) is 39.4 Å². The van der Waals surface area contributed by atoms with Crippen LogP contribution in [0.1, 0.15) is 29.8 Å². The number of phenolic OH excluding ortho intramolecular Hbond substituents is 1. The second-order valence-electron chi connectivity index (χ2n) is 8.23. The average molecular weight is 516 g/mol. The molecular weight excluding hydrogens is 486 g/mol. The Kier molecular flexibility index (Phi) is 9.12. The molecule has 192 valence electrons. The molecule has 3 rings (SSSR count). The summed E-state index contributed by atoms with van der Waals surface area (Å²) in [5.41, 5.74) is 7.37. The number of nitrogens with two attached hydrogens (primary N) is 1. The van der Waals surface area contributed by atoms with Crippen molar-refractivity contribution in [3.63, 3.8) is 0 Å². The molecule has 0 aliphatic carbocycles. The Morgan fingerprint density at radius 3 is 2.25 bits per heavy atom. The first-order valence-electron chi connectivity index (χ1n) is 10.8. The van der Waals surface area contributed by atoms with Gasteiger partial charge in [0.05, 0.1) is 29.3 Å². The van der Waals surface area contributed by atoms with Crippen LogP contribution in [0.4, 0.5) is 0 Å². The summed E-state index contributed by atoms with van der Waals surface area (Å²) >= 11 is 0. The molecule has 0 aliphatic rings. The van der Waals surface area contributed by atoms with Crippen LogP contribution in [0.5, 0.6) is 11.5 Å². The zero-order valence-corrected chi connectivity index (χ0v) is 21.5. The van der Waals surface area contributed by atoms with Gasteiger partial charge >= 0.3 is 0 Å². The van der Waals surface area contributed by atoms with Gasteiger partial charge in [0.25, 0.3) is 5.56 Å². The molecule has 11 heteroatoms. The number of methoxy groups -OCH3 is 1. The molecule has 10 nitrogen and oxygen atoms in total. The fourth-order valence-corrected chi connectivity index (χ4v) is 3.89. The van der Waals surface area contributed by atoms with Gasteiger partial charge in [0.1, 0.15) is 5.75 Å². The Bertz CT molecular complexity index is 1430. The number of carbonyl (C=O) groups excluding carboxylic acids is 2. The molecule has 0 spiro atoms. The van der Waals surface area contributed by atoms with E-state index in [2.05, 4.69) is 5.10 Å². The molecule has 0 fully saturated rings. The number of aromatic nitrogens is 2. The molecule has 3 aromatic rings. The van der Waals surface area contributed by atoms with Crippen LogP contribution in [0.25, 0.3) is 11.1 Å². The van der Waals surface area contributed by atoms with Crippen LogP contribution in [0.3, 0.4) is 0 Å². The predicted molar refractivity (Wildman–Crippen MR) is 135 cm³/mol. The van der Waals surface area contributed by atoms with E-state index in [1.54, 1.807) is 14.0 Å². The number of hydrogen-bond donors (Lipinski definition) is 2. The summed E-state index contributed by atoms with van der Waals surface area (Å²) in [5, 5.41) is 13.3. The minimum absolute atomic E-state index is 0.000000000000000222. The van der Waals surface area contributed by atoms with Crippen LogP contribution in [-0.4, -0.2) is 48.4 Å². The monoisotopic (exact) mass is 515 g/mol. The minimum atomic E-state index is -3.34. The number of rotatable bonds is 7. The number of Topliss-reactive ketones (excluding diaryl/α,β-unsaturated/α-hetero) is 1. The Hall–Kier alpha value is -3.99. The van der Waals surface area contributed by atoms with Crippen molar-refractivity contribution in [2.45, 2.75) is 25.2 Å². The number of nitrogens with zero attached hydrogens (tertiary/aromatic N) is 2. The molecule has 0 aliphatic heterocycles. The van der Waals surface area contributed by atoms with Crippen LogP contribution in [0.2, 0.25) is 0 Å². The van der Waals surface area contributed by atoms with Crippen molar-refractivity contribution in [3.8, 4) is 22.6 Å². The molecule has 0 bridgehead atoms. The maximum absolute atomic E-state index is 12.3. The van der Waals surface area contributed by atoms with Crippen LogP contribution in [0.15, 0.2) is 58.4 Å². The molecule has 1 heterocycles. The van der Waals surface area contributed by atoms with Gasteiger partial charge in [0.2, 0.25) is 5.91 Å². The molecule has 1 atom stereocenters. The van der Waals surface area contributed by atoms with Gasteiger partial charge < -0.3 is 15.6 Å². The third-order valence-electron chi connectivity index (χ3n) is 5.37. The van der Waals surface area contributed by atoms with Crippen molar-refractivity contribution in [2.24, 2.45) is 18.7 Å². The third-order valence-corrected chi connectivity index (χ3v) is 6.48. The third kappa shape index (κ3) is 7.01. The minimum Gasteiger partial charge on any atom is -0.507 e. The molecule has 0 saturated heterocycles. The van der Waals surface area contributed by atoms with Gasteiger partial charge in [-0.2, -0.15) is 5.10 Å². The van der Waals surface area contributed by atoms with Gasteiger partial charge in [0, 0.05) is 19.2 Å². The van der Waals surface area contributed by atoms with E-state index in [1.807, 2.05) is 24.3 Å². The number of benzene rings is 2. The molecule has 3 N–H and O–H groups in total. The summed E-state index contributed by atoms with van der Waals surface area (Å²) in [4.78, 5) is 34.3. The van der Waals surface area contributed by atoms with Crippen molar-refractivity contribution in [2.75, 3.05) is 13.4 Å².